The number of methoxy groups -OCH3 is 2. The van der Waals surface area contributed by atoms with E-state index in [1.807, 2.05) is 0 Å². The van der Waals surface area contributed by atoms with Crippen LogP contribution in [0.4, 0.5) is 13.2 Å². The molecule has 0 saturated carbocycles. The average molecular weight is 327 g/mol. The van der Waals surface area contributed by atoms with Gasteiger partial charge in [-0.3, -0.25) is 4.79 Å². The van der Waals surface area contributed by atoms with Crippen LogP contribution in [-0.2, 0) is 0 Å². The number of rotatable bonds is 4. The highest BCUT2D eigenvalue weighted by atomic mass is 79.9. The predicted octanol–water partition coefficient (Wildman–Crippen LogP) is 3.60. The third kappa shape index (κ3) is 3.63. The minimum Gasteiger partial charge on any atom is -0.496 e. The lowest BCUT2D eigenvalue weighted by Gasteiger charge is -2.12. The van der Waals surface area contributed by atoms with E-state index in [4.69, 9.17) is 9.47 Å². The second kappa shape index (κ2) is 5.60. The minimum atomic E-state index is -4.55. The van der Waals surface area contributed by atoms with E-state index in [-0.39, 0.29) is 17.1 Å². The van der Waals surface area contributed by atoms with E-state index in [1.54, 1.807) is 0 Å². The lowest BCUT2D eigenvalue weighted by molar-refractivity contribution is -0.125. The van der Waals surface area contributed by atoms with Crippen molar-refractivity contribution in [2.24, 2.45) is 0 Å². The molecule has 0 heterocycles. The molecule has 0 aromatic heterocycles. The Bertz CT molecular complexity index is 458. The highest BCUT2D eigenvalue weighted by Gasteiger charge is 2.33. The number of ketones is 1. The maximum absolute atomic E-state index is 12.2. The first-order chi connectivity index (χ1) is 8.28. The van der Waals surface area contributed by atoms with Crippen molar-refractivity contribution in [3.05, 3.63) is 22.2 Å². The zero-order valence-corrected chi connectivity index (χ0v) is 11.2. The number of hydrogen-bond donors (Lipinski definition) is 0. The molecule has 1 aromatic rings. The summed E-state index contributed by atoms with van der Waals surface area (Å²) in [5.74, 6) is -0.733. The molecule has 0 amide bonds. The molecule has 0 N–H and O–H groups in total. The summed E-state index contributed by atoms with van der Waals surface area (Å²) >= 11 is 3.15. The van der Waals surface area contributed by atoms with Crippen molar-refractivity contribution in [3.63, 3.8) is 0 Å². The molecule has 0 atom stereocenters. The number of carbonyl (C=O) groups is 1. The molecular formula is C11H10BrF3O3. The smallest absolute Gasteiger partial charge is 0.396 e. The Kier molecular flexibility index (Phi) is 4.61. The summed E-state index contributed by atoms with van der Waals surface area (Å²) < 4.78 is 46.9. The number of benzene rings is 1. The van der Waals surface area contributed by atoms with Gasteiger partial charge in [-0.05, 0) is 28.1 Å². The van der Waals surface area contributed by atoms with Gasteiger partial charge in [0.15, 0.2) is 5.78 Å². The fraction of sp³-hybridized carbons (Fsp3) is 0.364. The van der Waals surface area contributed by atoms with E-state index in [1.165, 1.54) is 26.4 Å². The maximum atomic E-state index is 12.2. The molecule has 1 aromatic carbocycles. The van der Waals surface area contributed by atoms with Crippen molar-refractivity contribution in [3.8, 4) is 11.5 Å². The van der Waals surface area contributed by atoms with E-state index in [2.05, 4.69) is 15.9 Å². The summed E-state index contributed by atoms with van der Waals surface area (Å²) in [5, 5.41) is 0. The molecule has 3 nitrogen and oxygen atoms in total. The lowest BCUT2D eigenvalue weighted by atomic mass is 10.1. The van der Waals surface area contributed by atoms with E-state index >= 15 is 0 Å². The minimum absolute atomic E-state index is 0.0666. The van der Waals surface area contributed by atoms with Gasteiger partial charge in [-0.15, -0.1) is 0 Å². The zero-order chi connectivity index (χ0) is 13.9. The molecule has 0 aliphatic rings. The molecule has 7 heteroatoms. The number of Topliss-reactive ketones (excluding diaryl/α,β-unsaturated/α-hetero) is 1. The molecule has 0 aliphatic carbocycles. The number of hydrogen-bond acceptors (Lipinski definition) is 3. The lowest BCUT2D eigenvalue weighted by Crippen LogP contribution is -2.15. The number of halogens is 4. The summed E-state index contributed by atoms with van der Waals surface area (Å²) in [6, 6.07) is 2.61. The fourth-order valence-corrected chi connectivity index (χ4v) is 1.84. The normalized spacial score (nSPS) is 11.2. The number of alkyl halides is 3. The molecule has 0 bridgehead atoms. The van der Waals surface area contributed by atoms with Gasteiger partial charge in [0.2, 0.25) is 0 Å². The summed E-state index contributed by atoms with van der Waals surface area (Å²) in [6.45, 7) is 0. The van der Waals surface area contributed by atoms with Gasteiger partial charge >= 0.3 is 6.18 Å². The Labute approximate surface area is 110 Å². The van der Waals surface area contributed by atoms with Gasteiger partial charge in [0, 0.05) is 0 Å². The van der Waals surface area contributed by atoms with Gasteiger partial charge in [0.05, 0.1) is 24.3 Å². The monoisotopic (exact) mass is 326 g/mol. The van der Waals surface area contributed by atoms with E-state index in [0.29, 0.717) is 4.47 Å². The van der Waals surface area contributed by atoms with Gasteiger partial charge in [-0.25, -0.2) is 0 Å². The Hall–Kier alpha value is -1.24. The van der Waals surface area contributed by atoms with Crippen molar-refractivity contribution in [2.75, 3.05) is 14.2 Å². The Balaban J connectivity index is 3.17. The molecule has 0 fully saturated rings. The molecule has 1 rings (SSSR count). The quantitative estimate of drug-likeness (QED) is 0.793. The van der Waals surface area contributed by atoms with Crippen LogP contribution in [0.3, 0.4) is 0 Å². The van der Waals surface area contributed by atoms with Gasteiger partial charge in [0.1, 0.15) is 17.9 Å². The molecule has 18 heavy (non-hydrogen) atoms. The van der Waals surface area contributed by atoms with Crippen LogP contribution in [0.25, 0.3) is 0 Å². The van der Waals surface area contributed by atoms with E-state index in [9.17, 15) is 18.0 Å². The molecule has 0 saturated heterocycles. The van der Waals surface area contributed by atoms with Crippen molar-refractivity contribution in [1.82, 2.24) is 0 Å². The van der Waals surface area contributed by atoms with E-state index in [0.717, 1.165) is 0 Å². The van der Waals surface area contributed by atoms with Crippen LogP contribution in [0.2, 0.25) is 0 Å². The van der Waals surface area contributed by atoms with E-state index < -0.39 is 18.4 Å². The first-order valence-electron chi connectivity index (χ1n) is 4.80. The molecule has 0 unspecified atom stereocenters. The number of carbonyl (C=O) groups excluding carboxylic acids is 1. The largest absolute Gasteiger partial charge is 0.496 e. The predicted molar refractivity (Wildman–Crippen MR) is 62.2 cm³/mol. The van der Waals surface area contributed by atoms with Crippen molar-refractivity contribution >= 4 is 21.7 Å². The van der Waals surface area contributed by atoms with Crippen LogP contribution in [0.5, 0.6) is 11.5 Å². The summed E-state index contributed by atoms with van der Waals surface area (Å²) in [4.78, 5) is 11.5. The van der Waals surface area contributed by atoms with Gasteiger partial charge < -0.3 is 9.47 Å². The Morgan fingerprint density at radius 3 is 2.22 bits per heavy atom. The van der Waals surface area contributed by atoms with Crippen molar-refractivity contribution in [2.45, 2.75) is 12.6 Å². The molecule has 0 radical (unpaired) electrons. The van der Waals surface area contributed by atoms with Crippen LogP contribution in [0, 0.1) is 0 Å². The molecular weight excluding hydrogens is 317 g/mol. The standard InChI is InChI=1S/C11H10BrF3O3/c1-17-9-4-7(12)10(18-2)3-6(9)8(16)5-11(13,14)15/h3-4H,5H2,1-2H3. The van der Waals surface area contributed by atoms with Crippen LogP contribution in [-0.4, -0.2) is 26.2 Å². The fourth-order valence-electron chi connectivity index (χ4n) is 1.36. The third-order valence-electron chi connectivity index (χ3n) is 2.14. The zero-order valence-electron chi connectivity index (χ0n) is 9.60. The van der Waals surface area contributed by atoms with Crippen LogP contribution < -0.4 is 9.47 Å². The summed E-state index contributed by atoms with van der Waals surface area (Å²) in [7, 11) is 2.63. The van der Waals surface area contributed by atoms with Crippen LogP contribution >= 0.6 is 15.9 Å². The maximum Gasteiger partial charge on any atom is 0.396 e. The van der Waals surface area contributed by atoms with Crippen molar-refractivity contribution < 1.29 is 27.4 Å². The topological polar surface area (TPSA) is 35.5 Å². The second-order valence-corrected chi connectivity index (χ2v) is 4.26. The summed E-state index contributed by atoms with van der Waals surface area (Å²) in [6.07, 6.45) is -6.09. The Morgan fingerprint density at radius 1 is 1.22 bits per heavy atom. The van der Waals surface area contributed by atoms with Gasteiger partial charge in [-0.1, -0.05) is 0 Å². The van der Waals surface area contributed by atoms with Gasteiger partial charge in [0.25, 0.3) is 0 Å². The average Bonchev–Trinajstić information content (AvgIpc) is 2.26. The first-order valence-corrected chi connectivity index (χ1v) is 5.59. The molecule has 0 spiro atoms. The highest BCUT2D eigenvalue weighted by Crippen LogP contribution is 2.34. The summed E-state index contributed by atoms with van der Waals surface area (Å²) in [5.41, 5.74) is -0.158. The number of ether oxygens (including phenoxy) is 2. The SMILES string of the molecule is COc1cc(C(=O)CC(F)(F)F)c(OC)cc1Br. The third-order valence-corrected chi connectivity index (χ3v) is 2.76. The highest BCUT2D eigenvalue weighted by molar-refractivity contribution is 9.10. The second-order valence-electron chi connectivity index (χ2n) is 3.40. The van der Waals surface area contributed by atoms with Crippen molar-refractivity contribution in [1.29, 1.82) is 0 Å². The molecule has 100 valence electrons. The first kappa shape index (κ1) is 14.8. The van der Waals surface area contributed by atoms with Crippen LogP contribution in [0.15, 0.2) is 16.6 Å². The Morgan fingerprint density at radius 2 is 1.78 bits per heavy atom. The van der Waals surface area contributed by atoms with Gasteiger partial charge in [-0.2, -0.15) is 13.2 Å². The van der Waals surface area contributed by atoms with Crippen LogP contribution in [0.1, 0.15) is 16.8 Å². The molecule has 0 aliphatic heterocycles.